The predicted octanol–water partition coefficient (Wildman–Crippen LogP) is 2.54. The number of pyridine rings is 1. The van der Waals surface area contributed by atoms with Crippen molar-refractivity contribution in [1.82, 2.24) is 4.98 Å². The molecule has 8 heteroatoms. The van der Waals surface area contributed by atoms with Crippen molar-refractivity contribution in [2.24, 2.45) is 0 Å². The lowest BCUT2D eigenvalue weighted by Gasteiger charge is -2.04. The third-order valence-corrected chi connectivity index (χ3v) is 2.35. The van der Waals surface area contributed by atoms with Gasteiger partial charge in [-0.2, -0.15) is 0 Å². The van der Waals surface area contributed by atoms with Crippen LogP contribution in [0.15, 0.2) is 6.07 Å². The molecule has 0 aliphatic carbocycles. The van der Waals surface area contributed by atoms with Crippen molar-refractivity contribution < 1.29 is 18.4 Å². The molecule has 0 radical (unpaired) electrons. The maximum Gasteiger partial charge on any atom is 0.381 e. The van der Waals surface area contributed by atoms with E-state index in [0.717, 1.165) is 13.2 Å². The molecule has 0 atom stereocenters. The second-order valence-corrected chi connectivity index (χ2v) is 3.61. The van der Waals surface area contributed by atoms with Crippen LogP contribution in [-0.2, 0) is 0 Å². The van der Waals surface area contributed by atoms with Gasteiger partial charge in [0.1, 0.15) is 9.13 Å². The van der Waals surface area contributed by atoms with Crippen molar-refractivity contribution in [1.29, 1.82) is 0 Å². The van der Waals surface area contributed by atoms with Gasteiger partial charge in [0.05, 0.1) is 7.11 Å². The smallest absolute Gasteiger partial charge is 0.381 e. The van der Waals surface area contributed by atoms with Crippen LogP contribution in [0.2, 0.25) is 0 Å². The van der Waals surface area contributed by atoms with Gasteiger partial charge in [-0.15, -0.1) is 0 Å². The SMILES string of the molecule is COc1nc([N+](=O)[O-])c(I)cc1C(F)F. The molecule has 0 fully saturated rings. The largest absolute Gasteiger partial charge is 0.462 e. The number of hydrogen-bond acceptors (Lipinski definition) is 4. The standard InChI is InChI=1S/C7H5F2IN2O3/c1-15-7-3(5(8)9)2-4(10)6(11-7)12(13)14/h2,5H,1H3. The Balaban J connectivity index is 3.35. The minimum atomic E-state index is -2.78. The highest BCUT2D eigenvalue weighted by atomic mass is 127. The molecular formula is C7H5F2IN2O3. The van der Waals surface area contributed by atoms with Gasteiger partial charge in [0.2, 0.25) is 0 Å². The number of rotatable bonds is 3. The maximum absolute atomic E-state index is 12.4. The molecule has 0 N–H and O–H groups in total. The molecule has 0 unspecified atom stereocenters. The second kappa shape index (κ2) is 4.64. The second-order valence-electron chi connectivity index (χ2n) is 2.45. The molecule has 1 aromatic rings. The molecule has 5 nitrogen and oxygen atoms in total. The zero-order valence-corrected chi connectivity index (χ0v) is 9.57. The number of nitrogens with zero attached hydrogens (tertiary/aromatic N) is 2. The molecule has 0 aliphatic heterocycles. The van der Waals surface area contributed by atoms with Gasteiger partial charge in [0.25, 0.3) is 6.43 Å². The maximum atomic E-state index is 12.4. The van der Waals surface area contributed by atoms with Crippen molar-refractivity contribution in [2.75, 3.05) is 7.11 Å². The average molecular weight is 330 g/mol. The molecule has 82 valence electrons. The predicted molar refractivity (Wildman–Crippen MR) is 55.1 cm³/mol. The summed E-state index contributed by atoms with van der Waals surface area (Å²) < 4.78 is 29.5. The Morgan fingerprint density at radius 3 is 2.67 bits per heavy atom. The summed E-state index contributed by atoms with van der Waals surface area (Å²) in [6.45, 7) is 0. The summed E-state index contributed by atoms with van der Waals surface area (Å²) in [4.78, 5) is 13.1. The van der Waals surface area contributed by atoms with Crippen molar-refractivity contribution in [2.45, 2.75) is 6.43 Å². The van der Waals surface area contributed by atoms with E-state index in [9.17, 15) is 18.9 Å². The van der Waals surface area contributed by atoms with Crippen LogP contribution >= 0.6 is 22.6 Å². The van der Waals surface area contributed by atoms with Crippen molar-refractivity contribution >= 4 is 28.4 Å². The fourth-order valence-corrected chi connectivity index (χ4v) is 1.58. The van der Waals surface area contributed by atoms with E-state index in [-0.39, 0.29) is 3.57 Å². The summed E-state index contributed by atoms with van der Waals surface area (Å²) in [6, 6.07) is 0.995. The Labute approximate surface area is 96.7 Å². The van der Waals surface area contributed by atoms with Gasteiger partial charge in [0.15, 0.2) is 0 Å². The molecule has 0 spiro atoms. The minimum Gasteiger partial charge on any atom is -0.462 e. The van der Waals surface area contributed by atoms with E-state index in [4.69, 9.17) is 0 Å². The Hall–Kier alpha value is -1.06. The summed E-state index contributed by atoms with van der Waals surface area (Å²) in [5.41, 5.74) is -0.451. The normalized spacial score (nSPS) is 10.5. The quantitative estimate of drug-likeness (QED) is 0.485. The van der Waals surface area contributed by atoms with Crippen LogP contribution in [-0.4, -0.2) is 17.0 Å². The average Bonchev–Trinajstić information content (AvgIpc) is 2.16. The highest BCUT2D eigenvalue weighted by Gasteiger charge is 2.25. The van der Waals surface area contributed by atoms with Crippen LogP contribution in [0.5, 0.6) is 5.88 Å². The molecule has 0 saturated carbocycles. The van der Waals surface area contributed by atoms with Crippen LogP contribution in [0.1, 0.15) is 12.0 Å². The van der Waals surface area contributed by atoms with Gasteiger partial charge in [-0.25, -0.2) is 8.78 Å². The number of nitro groups is 1. The van der Waals surface area contributed by atoms with E-state index in [1.807, 2.05) is 0 Å². The lowest BCUT2D eigenvalue weighted by atomic mass is 10.3. The third kappa shape index (κ3) is 2.49. The zero-order valence-electron chi connectivity index (χ0n) is 7.41. The number of alkyl halides is 2. The van der Waals surface area contributed by atoms with Crippen molar-refractivity contribution in [3.63, 3.8) is 0 Å². The molecular weight excluding hydrogens is 325 g/mol. The number of halogens is 3. The fraction of sp³-hybridized carbons (Fsp3) is 0.286. The number of methoxy groups -OCH3 is 1. The Bertz CT molecular complexity index is 400. The molecule has 0 aliphatic rings. The van der Waals surface area contributed by atoms with Crippen LogP contribution in [0.4, 0.5) is 14.6 Å². The molecule has 0 saturated heterocycles. The van der Waals surface area contributed by atoms with Crippen molar-refractivity contribution in [3.8, 4) is 5.88 Å². The molecule has 1 rings (SSSR count). The zero-order chi connectivity index (χ0) is 11.6. The van der Waals surface area contributed by atoms with Gasteiger partial charge in [-0.3, -0.25) is 0 Å². The minimum absolute atomic E-state index is 0.0497. The van der Waals surface area contributed by atoms with E-state index in [2.05, 4.69) is 9.72 Å². The molecule has 1 aromatic heterocycles. The number of aromatic nitrogens is 1. The van der Waals surface area contributed by atoms with Gasteiger partial charge >= 0.3 is 11.7 Å². The summed E-state index contributed by atoms with van der Waals surface area (Å²) in [5.74, 6) is -0.908. The first-order valence-electron chi connectivity index (χ1n) is 3.64. The van der Waals surface area contributed by atoms with E-state index < -0.39 is 28.6 Å². The number of hydrogen-bond donors (Lipinski definition) is 0. The summed E-state index contributed by atoms with van der Waals surface area (Å²) in [6.07, 6.45) is -2.78. The van der Waals surface area contributed by atoms with E-state index in [0.29, 0.717) is 0 Å². The van der Waals surface area contributed by atoms with Crippen LogP contribution in [0.3, 0.4) is 0 Å². The monoisotopic (exact) mass is 330 g/mol. The van der Waals surface area contributed by atoms with E-state index in [1.54, 1.807) is 22.6 Å². The summed E-state index contributed by atoms with van der Waals surface area (Å²) in [5, 5.41) is 10.5. The Kier molecular flexibility index (Phi) is 3.72. The van der Waals surface area contributed by atoms with Crippen LogP contribution < -0.4 is 4.74 Å². The Morgan fingerprint density at radius 1 is 1.67 bits per heavy atom. The lowest BCUT2D eigenvalue weighted by Crippen LogP contribution is -2.02. The lowest BCUT2D eigenvalue weighted by molar-refractivity contribution is -0.390. The topological polar surface area (TPSA) is 65.3 Å². The molecule has 0 bridgehead atoms. The van der Waals surface area contributed by atoms with Crippen molar-refractivity contribution in [3.05, 3.63) is 25.3 Å². The summed E-state index contributed by atoms with van der Waals surface area (Å²) >= 11 is 1.57. The van der Waals surface area contributed by atoms with Gasteiger partial charge in [0, 0.05) is 4.98 Å². The fourth-order valence-electron chi connectivity index (χ4n) is 0.925. The first-order chi connectivity index (χ1) is 6.97. The molecule has 0 amide bonds. The highest BCUT2D eigenvalue weighted by Crippen LogP contribution is 2.32. The van der Waals surface area contributed by atoms with Gasteiger partial charge in [-0.1, -0.05) is 0 Å². The van der Waals surface area contributed by atoms with Crippen LogP contribution in [0.25, 0.3) is 0 Å². The van der Waals surface area contributed by atoms with Gasteiger partial charge < -0.3 is 14.9 Å². The molecule has 15 heavy (non-hydrogen) atoms. The molecule has 1 heterocycles. The summed E-state index contributed by atoms with van der Waals surface area (Å²) in [7, 11) is 1.13. The molecule has 0 aromatic carbocycles. The Morgan fingerprint density at radius 2 is 2.27 bits per heavy atom. The highest BCUT2D eigenvalue weighted by molar-refractivity contribution is 14.1. The van der Waals surface area contributed by atoms with E-state index >= 15 is 0 Å². The van der Waals surface area contributed by atoms with E-state index in [1.165, 1.54) is 0 Å². The number of ether oxygens (including phenoxy) is 1. The first-order valence-corrected chi connectivity index (χ1v) is 4.72. The van der Waals surface area contributed by atoms with Gasteiger partial charge in [-0.05, 0) is 33.6 Å². The third-order valence-electron chi connectivity index (χ3n) is 1.55. The van der Waals surface area contributed by atoms with Crippen LogP contribution in [0, 0.1) is 13.7 Å². The first kappa shape index (κ1) is 12.0.